The molecular weight excluding hydrogens is 176 g/mol. The maximum absolute atomic E-state index is 9.05. The van der Waals surface area contributed by atoms with Crippen LogP contribution in [-0.2, 0) is 4.74 Å². The molecule has 1 aliphatic carbocycles. The van der Waals surface area contributed by atoms with Crippen LogP contribution in [0.5, 0.6) is 0 Å². The first kappa shape index (κ1) is 9.62. The summed E-state index contributed by atoms with van der Waals surface area (Å²) in [5.74, 6) is 0.697. The van der Waals surface area contributed by atoms with Crippen LogP contribution in [0.1, 0.15) is 13.3 Å². The quantitative estimate of drug-likeness (QED) is 0.719. The summed E-state index contributed by atoms with van der Waals surface area (Å²) >= 11 is 5.94. The van der Waals surface area contributed by atoms with E-state index < -0.39 is 0 Å². The molecule has 3 heteroatoms. The van der Waals surface area contributed by atoms with E-state index in [9.17, 15) is 0 Å². The molecule has 0 heterocycles. The lowest BCUT2D eigenvalue weighted by atomic mass is 9.84. The molecule has 0 aromatic rings. The van der Waals surface area contributed by atoms with Crippen molar-refractivity contribution in [3.8, 4) is 0 Å². The van der Waals surface area contributed by atoms with Crippen LogP contribution in [0.4, 0.5) is 0 Å². The summed E-state index contributed by atoms with van der Waals surface area (Å²) in [6.07, 6.45) is 4.38. The van der Waals surface area contributed by atoms with E-state index in [0.717, 1.165) is 0 Å². The van der Waals surface area contributed by atoms with Crippen molar-refractivity contribution in [1.82, 2.24) is 0 Å². The SMILES string of the molecule is COC1=C(Cl)CC(C)(CO)C=C1. The van der Waals surface area contributed by atoms with Gasteiger partial charge < -0.3 is 9.84 Å². The number of methoxy groups -OCH3 is 1. The van der Waals surface area contributed by atoms with E-state index in [-0.39, 0.29) is 12.0 Å². The molecule has 0 radical (unpaired) electrons. The average Bonchev–Trinajstić information content (AvgIpc) is 2.05. The maximum atomic E-state index is 9.05. The normalized spacial score (nSPS) is 29.3. The zero-order valence-electron chi connectivity index (χ0n) is 7.30. The highest BCUT2D eigenvalue weighted by Gasteiger charge is 2.26. The molecule has 68 valence electrons. The Morgan fingerprint density at radius 1 is 1.75 bits per heavy atom. The number of rotatable bonds is 2. The predicted octanol–water partition coefficient (Wildman–Crippen LogP) is 2.04. The number of aliphatic hydroxyl groups is 1. The summed E-state index contributed by atoms with van der Waals surface area (Å²) in [6, 6.07) is 0. The molecule has 0 amide bonds. The van der Waals surface area contributed by atoms with E-state index in [1.807, 2.05) is 19.1 Å². The first-order chi connectivity index (χ1) is 5.61. The predicted molar refractivity (Wildman–Crippen MR) is 48.8 cm³/mol. The zero-order chi connectivity index (χ0) is 9.19. The molecule has 1 rings (SSSR count). The summed E-state index contributed by atoms with van der Waals surface area (Å²) < 4.78 is 5.02. The number of allylic oxidation sites excluding steroid dienone is 2. The van der Waals surface area contributed by atoms with Crippen LogP contribution in [0.2, 0.25) is 0 Å². The van der Waals surface area contributed by atoms with Gasteiger partial charge in [0.2, 0.25) is 0 Å². The molecular formula is C9H13ClO2. The van der Waals surface area contributed by atoms with Gasteiger partial charge in [0.05, 0.1) is 18.7 Å². The minimum atomic E-state index is -0.223. The molecule has 1 unspecified atom stereocenters. The van der Waals surface area contributed by atoms with Crippen molar-refractivity contribution in [3.63, 3.8) is 0 Å². The highest BCUT2D eigenvalue weighted by molar-refractivity contribution is 6.30. The third-order valence-corrected chi connectivity index (χ3v) is 2.36. The molecule has 0 saturated heterocycles. The lowest BCUT2D eigenvalue weighted by Gasteiger charge is -2.26. The fourth-order valence-corrected chi connectivity index (χ4v) is 1.60. The van der Waals surface area contributed by atoms with Crippen LogP contribution in [0.15, 0.2) is 22.9 Å². The number of hydrogen-bond donors (Lipinski definition) is 1. The van der Waals surface area contributed by atoms with Crippen LogP contribution in [-0.4, -0.2) is 18.8 Å². The maximum Gasteiger partial charge on any atom is 0.133 e. The zero-order valence-corrected chi connectivity index (χ0v) is 8.06. The Labute approximate surface area is 77.5 Å². The van der Waals surface area contributed by atoms with Gasteiger partial charge in [-0.25, -0.2) is 0 Å². The second kappa shape index (κ2) is 3.50. The molecule has 2 nitrogen and oxygen atoms in total. The van der Waals surface area contributed by atoms with Gasteiger partial charge in [0.1, 0.15) is 5.76 Å². The summed E-state index contributed by atoms with van der Waals surface area (Å²) in [7, 11) is 1.59. The Hall–Kier alpha value is -0.470. The molecule has 0 spiro atoms. The second-order valence-corrected chi connectivity index (χ2v) is 3.75. The van der Waals surface area contributed by atoms with Gasteiger partial charge in [0.25, 0.3) is 0 Å². The molecule has 0 aromatic heterocycles. The summed E-state index contributed by atoms with van der Waals surface area (Å²) in [6.45, 7) is 2.06. The van der Waals surface area contributed by atoms with Crippen LogP contribution in [0, 0.1) is 5.41 Å². The van der Waals surface area contributed by atoms with Gasteiger partial charge in [-0.15, -0.1) is 0 Å². The molecule has 0 bridgehead atoms. The Kier molecular flexibility index (Phi) is 2.80. The molecule has 12 heavy (non-hydrogen) atoms. The van der Waals surface area contributed by atoms with Crippen LogP contribution < -0.4 is 0 Å². The van der Waals surface area contributed by atoms with Crippen molar-refractivity contribution < 1.29 is 9.84 Å². The lowest BCUT2D eigenvalue weighted by molar-refractivity contribution is 0.179. The number of halogens is 1. The van der Waals surface area contributed by atoms with Crippen molar-refractivity contribution in [2.75, 3.05) is 13.7 Å². The van der Waals surface area contributed by atoms with E-state index in [4.69, 9.17) is 21.4 Å². The third kappa shape index (κ3) is 1.82. The monoisotopic (exact) mass is 188 g/mol. The molecule has 1 aliphatic rings. The van der Waals surface area contributed by atoms with Gasteiger partial charge in [0, 0.05) is 5.41 Å². The van der Waals surface area contributed by atoms with Crippen molar-refractivity contribution >= 4 is 11.6 Å². The fraction of sp³-hybridized carbons (Fsp3) is 0.556. The fourth-order valence-electron chi connectivity index (χ4n) is 1.16. The van der Waals surface area contributed by atoms with Gasteiger partial charge in [-0.1, -0.05) is 24.6 Å². The second-order valence-electron chi connectivity index (χ2n) is 3.30. The van der Waals surface area contributed by atoms with Crippen LogP contribution >= 0.6 is 11.6 Å². The van der Waals surface area contributed by atoms with E-state index >= 15 is 0 Å². The summed E-state index contributed by atoms with van der Waals surface area (Å²) in [5, 5.41) is 9.73. The molecule has 0 aromatic carbocycles. The molecule has 1 atom stereocenters. The Balaban J connectivity index is 2.81. The summed E-state index contributed by atoms with van der Waals surface area (Å²) in [5.41, 5.74) is -0.223. The highest BCUT2D eigenvalue weighted by Crippen LogP contribution is 2.35. The third-order valence-electron chi connectivity index (χ3n) is 2.04. The largest absolute Gasteiger partial charge is 0.496 e. The number of hydrogen-bond acceptors (Lipinski definition) is 2. The Bertz CT molecular complexity index is 233. The van der Waals surface area contributed by atoms with Crippen molar-refractivity contribution in [2.45, 2.75) is 13.3 Å². The molecule has 0 aliphatic heterocycles. The number of aliphatic hydroxyl groups excluding tert-OH is 1. The molecule has 0 saturated carbocycles. The van der Waals surface area contributed by atoms with Crippen LogP contribution in [0.25, 0.3) is 0 Å². The lowest BCUT2D eigenvalue weighted by Crippen LogP contribution is -2.21. The topological polar surface area (TPSA) is 29.5 Å². The average molecular weight is 189 g/mol. The Morgan fingerprint density at radius 3 is 2.83 bits per heavy atom. The first-order valence-electron chi connectivity index (χ1n) is 3.84. The smallest absolute Gasteiger partial charge is 0.133 e. The van der Waals surface area contributed by atoms with E-state index in [1.165, 1.54) is 0 Å². The van der Waals surface area contributed by atoms with Crippen molar-refractivity contribution in [2.24, 2.45) is 5.41 Å². The standard InChI is InChI=1S/C9H13ClO2/c1-9(6-11)4-3-8(12-2)7(10)5-9/h3-4,11H,5-6H2,1-2H3. The van der Waals surface area contributed by atoms with Crippen molar-refractivity contribution in [1.29, 1.82) is 0 Å². The van der Waals surface area contributed by atoms with E-state index in [1.54, 1.807) is 7.11 Å². The molecule has 1 N–H and O–H groups in total. The number of ether oxygens (including phenoxy) is 1. The van der Waals surface area contributed by atoms with Gasteiger partial charge >= 0.3 is 0 Å². The van der Waals surface area contributed by atoms with Gasteiger partial charge in [0.15, 0.2) is 0 Å². The van der Waals surface area contributed by atoms with E-state index in [0.29, 0.717) is 17.2 Å². The first-order valence-corrected chi connectivity index (χ1v) is 4.22. The Morgan fingerprint density at radius 2 is 2.42 bits per heavy atom. The van der Waals surface area contributed by atoms with E-state index in [2.05, 4.69) is 0 Å². The van der Waals surface area contributed by atoms with Gasteiger partial charge in [-0.05, 0) is 12.5 Å². The summed E-state index contributed by atoms with van der Waals surface area (Å²) in [4.78, 5) is 0. The molecule has 0 fully saturated rings. The highest BCUT2D eigenvalue weighted by atomic mass is 35.5. The minimum Gasteiger partial charge on any atom is -0.496 e. The van der Waals surface area contributed by atoms with Crippen molar-refractivity contribution in [3.05, 3.63) is 22.9 Å². The van der Waals surface area contributed by atoms with Crippen LogP contribution in [0.3, 0.4) is 0 Å². The van der Waals surface area contributed by atoms with Gasteiger partial charge in [-0.2, -0.15) is 0 Å². The van der Waals surface area contributed by atoms with Gasteiger partial charge in [-0.3, -0.25) is 0 Å². The minimum absolute atomic E-state index is 0.108.